The predicted octanol–water partition coefficient (Wildman–Crippen LogP) is 3.58. The molecule has 4 heterocycles. The van der Waals surface area contributed by atoms with E-state index in [-0.39, 0.29) is 5.54 Å². The predicted molar refractivity (Wildman–Crippen MR) is 106 cm³/mol. The normalized spacial score (nSPS) is 23.8. The molecule has 0 bridgehead atoms. The van der Waals surface area contributed by atoms with Crippen LogP contribution in [0.4, 0.5) is 5.69 Å². The minimum Gasteiger partial charge on any atom is -0.355 e. The second-order valence-electron chi connectivity index (χ2n) is 8.86. The molecule has 1 spiro atoms. The Kier molecular flexibility index (Phi) is 3.81. The van der Waals surface area contributed by atoms with Gasteiger partial charge in [0.05, 0.1) is 11.4 Å². The number of fused-ring (bicyclic) bond motifs is 4. The smallest absolute Gasteiger partial charge is 0.222 e. The number of carbonyl (C=O) groups excluding carboxylic acids is 1. The number of hydrogen-bond donors (Lipinski definition) is 0. The monoisotopic (exact) mass is 364 g/mol. The van der Waals surface area contributed by atoms with E-state index < -0.39 is 0 Å². The minimum atomic E-state index is -0.130. The summed E-state index contributed by atoms with van der Waals surface area (Å²) in [5, 5.41) is 0. The number of rotatable bonds is 4. The fourth-order valence-corrected chi connectivity index (χ4v) is 4.84. The summed E-state index contributed by atoms with van der Waals surface area (Å²) in [6.45, 7) is 6.93. The van der Waals surface area contributed by atoms with E-state index in [1.807, 2.05) is 12.3 Å². The molecule has 0 N–H and O–H groups in total. The van der Waals surface area contributed by atoms with E-state index in [0.717, 1.165) is 37.8 Å². The summed E-state index contributed by atoms with van der Waals surface area (Å²) in [5.74, 6) is 2.49. The Hall–Kier alpha value is -2.30. The summed E-state index contributed by atoms with van der Waals surface area (Å²) in [5.41, 5.74) is 2.37. The van der Waals surface area contributed by atoms with Crippen LogP contribution in [0, 0.1) is 11.8 Å². The number of nitrogens with zero attached hydrogens (tertiary/aromatic N) is 4. The van der Waals surface area contributed by atoms with Crippen molar-refractivity contribution in [1.82, 2.24) is 14.5 Å². The molecule has 0 unspecified atom stereocenters. The van der Waals surface area contributed by atoms with E-state index >= 15 is 0 Å². The third-order valence-electron chi connectivity index (χ3n) is 6.35. The number of hydrogen-bond acceptors (Lipinski definition) is 3. The van der Waals surface area contributed by atoms with Crippen molar-refractivity contribution in [1.29, 1.82) is 0 Å². The first-order valence-corrected chi connectivity index (χ1v) is 10.3. The summed E-state index contributed by atoms with van der Waals surface area (Å²) >= 11 is 0. The molecule has 2 aromatic rings. The van der Waals surface area contributed by atoms with Crippen molar-refractivity contribution in [3.63, 3.8) is 0 Å². The Bertz CT molecular complexity index is 869. The van der Waals surface area contributed by atoms with Crippen LogP contribution in [0.5, 0.6) is 0 Å². The van der Waals surface area contributed by atoms with E-state index in [1.54, 1.807) is 0 Å². The third-order valence-corrected chi connectivity index (χ3v) is 6.35. The number of likely N-dealkylation sites (tertiary alicyclic amines) is 1. The van der Waals surface area contributed by atoms with Crippen LogP contribution in [0.25, 0.3) is 5.82 Å². The number of anilines is 1. The van der Waals surface area contributed by atoms with Gasteiger partial charge in [-0.25, -0.2) is 4.98 Å². The fraction of sp³-hybridized carbons (Fsp3) is 0.545. The molecule has 1 saturated heterocycles. The summed E-state index contributed by atoms with van der Waals surface area (Å²) < 4.78 is 2.25. The molecule has 5 rings (SSSR count). The largest absolute Gasteiger partial charge is 0.355 e. The molecule has 5 nitrogen and oxygen atoms in total. The summed E-state index contributed by atoms with van der Waals surface area (Å²) in [7, 11) is 0. The van der Waals surface area contributed by atoms with Crippen molar-refractivity contribution in [2.75, 3.05) is 24.5 Å². The standard InChI is InChI=1S/C22H28N4O/c1-16(2)13-20(27)24-12-9-22(15-24)19-6-4-11-25(19)21-18(5-3-10-23-21)26(22)14-17-7-8-17/h3-6,10-11,16-17H,7-9,12-15H2,1-2H3/t22-/m1/s1. The Labute approximate surface area is 161 Å². The molecule has 142 valence electrons. The molecule has 0 radical (unpaired) electrons. The maximum atomic E-state index is 12.8. The van der Waals surface area contributed by atoms with Crippen LogP contribution in [0.2, 0.25) is 0 Å². The van der Waals surface area contributed by atoms with Gasteiger partial charge >= 0.3 is 0 Å². The molecular formula is C22H28N4O. The second kappa shape index (κ2) is 6.11. The maximum absolute atomic E-state index is 12.8. The lowest BCUT2D eigenvalue weighted by Crippen LogP contribution is -2.53. The average Bonchev–Trinajstić information content (AvgIpc) is 3.16. The van der Waals surface area contributed by atoms with Crippen LogP contribution in [0.1, 0.15) is 45.2 Å². The van der Waals surface area contributed by atoms with Gasteiger partial charge in [0.15, 0.2) is 5.82 Å². The van der Waals surface area contributed by atoms with Gasteiger partial charge in [-0.05, 0) is 55.4 Å². The highest BCUT2D eigenvalue weighted by Gasteiger charge is 2.51. The highest BCUT2D eigenvalue weighted by Crippen LogP contribution is 2.48. The summed E-state index contributed by atoms with van der Waals surface area (Å²) in [6.07, 6.45) is 8.26. The molecule has 1 atom stereocenters. The topological polar surface area (TPSA) is 41.4 Å². The molecule has 27 heavy (non-hydrogen) atoms. The lowest BCUT2D eigenvalue weighted by molar-refractivity contribution is -0.131. The lowest BCUT2D eigenvalue weighted by atomic mass is 9.88. The Morgan fingerprint density at radius 1 is 1.30 bits per heavy atom. The molecule has 0 aromatic carbocycles. The van der Waals surface area contributed by atoms with Gasteiger partial charge in [-0.15, -0.1) is 0 Å². The first-order chi connectivity index (χ1) is 13.1. The van der Waals surface area contributed by atoms with Crippen molar-refractivity contribution in [3.05, 3.63) is 42.4 Å². The zero-order valence-electron chi connectivity index (χ0n) is 16.3. The SMILES string of the molecule is CC(C)CC(=O)N1CC[C@@]2(C1)c1cccn1-c1ncccc1N2CC1CC1. The zero-order valence-corrected chi connectivity index (χ0v) is 16.3. The quantitative estimate of drug-likeness (QED) is 0.833. The molecule has 5 heteroatoms. The van der Waals surface area contributed by atoms with E-state index in [1.165, 1.54) is 24.2 Å². The van der Waals surface area contributed by atoms with Crippen LogP contribution >= 0.6 is 0 Å². The molecule has 2 aromatic heterocycles. The highest BCUT2D eigenvalue weighted by atomic mass is 16.2. The van der Waals surface area contributed by atoms with Crippen LogP contribution < -0.4 is 4.90 Å². The van der Waals surface area contributed by atoms with Crippen LogP contribution in [0.15, 0.2) is 36.7 Å². The van der Waals surface area contributed by atoms with Crippen molar-refractivity contribution in [2.45, 2.75) is 45.1 Å². The molecular weight excluding hydrogens is 336 g/mol. The maximum Gasteiger partial charge on any atom is 0.222 e. The Morgan fingerprint density at radius 3 is 2.93 bits per heavy atom. The summed E-state index contributed by atoms with van der Waals surface area (Å²) in [4.78, 5) is 22.2. The van der Waals surface area contributed by atoms with E-state index in [9.17, 15) is 4.79 Å². The van der Waals surface area contributed by atoms with Crippen LogP contribution in [-0.2, 0) is 10.3 Å². The highest BCUT2D eigenvalue weighted by molar-refractivity contribution is 5.77. The molecule has 1 amide bonds. The van der Waals surface area contributed by atoms with Crippen molar-refractivity contribution in [3.8, 4) is 5.82 Å². The molecule has 2 fully saturated rings. The first-order valence-electron chi connectivity index (χ1n) is 10.3. The van der Waals surface area contributed by atoms with Crippen LogP contribution in [0.3, 0.4) is 0 Å². The Morgan fingerprint density at radius 2 is 2.15 bits per heavy atom. The van der Waals surface area contributed by atoms with Gasteiger partial charge in [0, 0.05) is 38.4 Å². The molecule has 3 aliphatic rings. The van der Waals surface area contributed by atoms with Gasteiger partial charge in [0.2, 0.25) is 5.91 Å². The summed E-state index contributed by atoms with van der Waals surface area (Å²) in [6, 6.07) is 8.59. The first kappa shape index (κ1) is 16.8. The minimum absolute atomic E-state index is 0.130. The molecule has 2 aliphatic heterocycles. The van der Waals surface area contributed by atoms with Gasteiger partial charge in [-0.1, -0.05) is 13.8 Å². The lowest BCUT2D eigenvalue weighted by Gasteiger charge is -2.47. The van der Waals surface area contributed by atoms with Crippen molar-refractivity contribution in [2.24, 2.45) is 11.8 Å². The van der Waals surface area contributed by atoms with Crippen LogP contribution in [-0.4, -0.2) is 40.0 Å². The van der Waals surface area contributed by atoms with E-state index in [2.05, 4.69) is 52.6 Å². The average molecular weight is 364 g/mol. The molecule has 1 saturated carbocycles. The van der Waals surface area contributed by atoms with Gasteiger partial charge in [-0.2, -0.15) is 0 Å². The van der Waals surface area contributed by atoms with Gasteiger partial charge in [0.1, 0.15) is 5.54 Å². The zero-order chi connectivity index (χ0) is 18.6. The third kappa shape index (κ3) is 2.67. The van der Waals surface area contributed by atoms with Gasteiger partial charge in [-0.3, -0.25) is 4.79 Å². The van der Waals surface area contributed by atoms with Crippen molar-refractivity contribution < 1.29 is 4.79 Å². The number of carbonyl (C=O) groups is 1. The second-order valence-corrected chi connectivity index (χ2v) is 8.86. The van der Waals surface area contributed by atoms with Gasteiger partial charge < -0.3 is 14.4 Å². The van der Waals surface area contributed by atoms with Crippen molar-refractivity contribution >= 4 is 11.6 Å². The Balaban J connectivity index is 1.57. The number of amides is 1. The van der Waals surface area contributed by atoms with E-state index in [0.29, 0.717) is 18.2 Å². The van der Waals surface area contributed by atoms with Gasteiger partial charge in [0.25, 0.3) is 0 Å². The fourth-order valence-electron chi connectivity index (χ4n) is 4.84. The molecule has 1 aliphatic carbocycles. The number of pyridine rings is 1. The number of aromatic nitrogens is 2. The van der Waals surface area contributed by atoms with E-state index in [4.69, 9.17) is 4.98 Å².